The molecule has 3 aromatic carbocycles. The molecule has 2 amide bonds. The number of unbranched alkanes of at least 4 members (excludes halogenated alkanes) is 1. The van der Waals surface area contributed by atoms with Gasteiger partial charge in [0.05, 0.1) is 0 Å². The second-order valence-corrected chi connectivity index (χ2v) is 10.2. The van der Waals surface area contributed by atoms with Gasteiger partial charge >= 0.3 is 0 Å². The van der Waals surface area contributed by atoms with Gasteiger partial charge in [-0.1, -0.05) is 106 Å². The Kier molecular flexibility index (Phi) is 10.9. The predicted octanol–water partition coefficient (Wildman–Crippen LogP) is 6.61. The Balaban J connectivity index is 1.87. The highest BCUT2D eigenvalue weighted by molar-refractivity contribution is 5.88. The molecule has 0 fully saturated rings. The van der Waals surface area contributed by atoms with Crippen LogP contribution >= 0.6 is 0 Å². The third-order valence-electron chi connectivity index (χ3n) is 6.98. The van der Waals surface area contributed by atoms with Gasteiger partial charge in [-0.3, -0.25) is 9.59 Å². The van der Waals surface area contributed by atoms with E-state index in [4.69, 9.17) is 0 Å². The fourth-order valence-corrected chi connectivity index (χ4v) is 4.50. The van der Waals surface area contributed by atoms with E-state index in [0.717, 1.165) is 35.1 Å². The first kappa shape index (κ1) is 28.2. The fourth-order valence-electron chi connectivity index (χ4n) is 4.50. The molecule has 1 N–H and O–H groups in total. The first-order valence-electron chi connectivity index (χ1n) is 13.6. The van der Waals surface area contributed by atoms with Gasteiger partial charge in [-0.05, 0) is 53.5 Å². The lowest BCUT2D eigenvalue weighted by molar-refractivity contribution is -0.141. The van der Waals surface area contributed by atoms with Crippen molar-refractivity contribution in [1.82, 2.24) is 10.2 Å². The summed E-state index contributed by atoms with van der Waals surface area (Å²) in [6.07, 6.45) is 3.42. The maximum absolute atomic E-state index is 13.8. The highest BCUT2D eigenvalue weighted by atomic mass is 16.2. The maximum Gasteiger partial charge on any atom is 0.243 e. The Morgan fingerprint density at radius 2 is 1.54 bits per heavy atom. The minimum atomic E-state index is -0.574. The van der Waals surface area contributed by atoms with Gasteiger partial charge in [0.25, 0.3) is 0 Å². The van der Waals surface area contributed by atoms with Crippen molar-refractivity contribution in [3.05, 3.63) is 107 Å². The van der Waals surface area contributed by atoms with E-state index in [1.54, 1.807) is 4.90 Å². The first-order chi connectivity index (χ1) is 17.9. The van der Waals surface area contributed by atoms with E-state index in [1.807, 2.05) is 42.5 Å². The summed E-state index contributed by atoms with van der Waals surface area (Å²) in [4.78, 5) is 29.1. The zero-order valence-corrected chi connectivity index (χ0v) is 22.9. The molecule has 1 atom stereocenters. The van der Waals surface area contributed by atoms with E-state index in [2.05, 4.69) is 69.4 Å². The van der Waals surface area contributed by atoms with Crippen molar-refractivity contribution < 1.29 is 9.59 Å². The molecule has 0 aromatic heterocycles. The highest BCUT2D eigenvalue weighted by Crippen LogP contribution is 2.20. The summed E-state index contributed by atoms with van der Waals surface area (Å²) in [5, 5.41) is 3.10. The van der Waals surface area contributed by atoms with Crippen molar-refractivity contribution in [3.63, 3.8) is 0 Å². The Bertz CT molecular complexity index is 1120. The van der Waals surface area contributed by atoms with Gasteiger partial charge in [0.1, 0.15) is 6.04 Å². The fraction of sp³-hybridized carbons (Fsp3) is 0.394. The predicted molar refractivity (Wildman–Crippen MR) is 152 cm³/mol. The number of aryl methyl sites for hydroxylation is 2. The maximum atomic E-state index is 13.8. The lowest BCUT2D eigenvalue weighted by Crippen LogP contribution is -2.50. The summed E-state index contributed by atoms with van der Waals surface area (Å²) in [5.74, 6) is 0.397. The van der Waals surface area contributed by atoms with Gasteiger partial charge < -0.3 is 10.2 Å². The molecule has 37 heavy (non-hydrogen) atoms. The van der Waals surface area contributed by atoms with Crippen molar-refractivity contribution in [1.29, 1.82) is 0 Å². The van der Waals surface area contributed by atoms with E-state index in [9.17, 15) is 9.59 Å². The average Bonchev–Trinajstić information content (AvgIpc) is 2.91. The number of amides is 2. The quantitative estimate of drug-likeness (QED) is 0.270. The molecule has 0 spiro atoms. The Morgan fingerprint density at radius 1 is 0.865 bits per heavy atom. The minimum absolute atomic E-state index is 0.00256. The van der Waals surface area contributed by atoms with Crippen molar-refractivity contribution >= 4 is 11.8 Å². The molecular formula is C33H42N2O2. The molecule has 0 aliphatic carbocycles. The number of carbonyl (C=O) groups is 2. The number of hydrogen-bond acceptors (Lipinski definition) is 2. The number of hydrogen-bond donors (Lipinski definition) is 1. The van der Waals surface area contributed by atoms with Gasteiger partial charge in [0.15, 0.2) is 0 Å². The molecule has 3 aromatic rings. The molecule has 0 bridgehead atoms. The van der Waals surface area contributed by atoms with Crippen LogP contribution in [0.5, 0.6) is 0 Å². The minimum Gasteiger partial charge on any atom is -0.354 e. The molecule has 4 heteroatoms. The first-order valence-corrected chi connectivity index (χ1v) is 13.6. The Morgan fingerprint density at radius 3 is 2.19 bits per heavy atom. The van der Waals surface area contributed by atoms with Gasteiger partial charge in [0.2, 0.25) is 11.8 Å². The molecule has 0 heterocycles. The van der Waals surface area contributed by atoms with Gasteiger partial charge in [-0.15, -0.1) is 0 Å². The monoisotopic (exact) mass is 498 g/mol. The molecular weight excluding hydrogens is 456 g/mol. The summed E-state index contributed by atoms with van der Waals surface area (Å²) in [5.41, 5.74) is 5.67. The lowest BCUT2D eigenvalue weighted by Gasteiger charge is -2.32. The Labute approximate surface area is 223 Å². The van der Waals surface area contributed by atoms with Crippen LogP contribution in [-0.4, -0.2) is 29.3 Å². The van der Waals surface area contributed by atoms with Crippen LogP contribution in [0.25, 0.3) is 0 Å². The van der Waals surface area contributed by atoms with Crippen LogP contribution in [-0.2, 0) is 29.0 Å². The molecule has 196 valence electrons. The zero-order chi connectivity index (χ0) is 26.6. The average molecular weight is 499 g/mol. The summed E-state index contributed by atoms with van der Waals surface area (Å²) in [7, 11) is 0. The van der Waals surface area contributed by atoms with Crippen LogP contribution in [0.15, 0.2) is 78.9 Å². The van der Waals surface area contributed by atoms with E-state index < -0.39 is 6.04 Å². The Hall–Kier alpha value is -3.40. The van der Waals surface area contributed by atoms with Crippen molar-refractivity contribution in [2.75, 3.05) is 6.54 Å². The summed E-state index contributed by atoms with van der Waals surface area (Å²) in [6, 6.07) is 26.1. The molecule has 3 rings (SSSR count). The summed E-state index contributed by atoms with van der Waals surface area (Å²) >= 11 is 0. The molecule has 4 nitrogen and oxygen atoms in total. The number of carbonyl (C=O) groups excluding carboxylic acids is 2. The number of benzene rings is 3. The van der Waals surface area contributed by atoms with Gasteiger partial charge in [0, 0.05) is 25.9 Å². The molecule has 0 saturated heterocycles. The van der Waals surface area contributed by atoms with Gasteiger partial charge in [-0.25, -0.2) is 0 Å². The third-order valence-corrected chi connectivity index (χ3v) is 6.98. The van der Waals surface area contributed by atoms with Crippen molar-refractivity contribution in [2.24, 2.45) is 0 Å². The molecule has 0 radical (unpaired) electrons. The second kappa shape index (κ2) is 14.4. The molecule has 0 aliphatic heterocycles. The lowest BCUT2D eigenvalue weighted by atomic mass is 9.99. The van der Waals surface area contributed by atoms with Gasteiger partial charge in [-0.2, -0.15) is 0 Å². The number of nitrogens with one attached hydrogen (secondary N) is 1. The number of rotatable bonds is 13. The molecule has 0 aliphatic rings. The smallest absolute Gasteiger partial charge is 0.243 e. The summed E-state index contributed by atoms with van der Waals surface area (Å²) in [6.45, 7) is 9.56. The van der Waals surface area contributed by atoms with Crippen LogP contribution < -0.4 is 5.32 Å². The second-order valence-electron chi connectivity index (χ2n) is 10.2. The van der Waals surface area contributed by atoms with E-state index >= 15 is 0 Å². The highest BCUT2D eigenvalue weighted by Gasteiger charge is 2.30. The van der Waals surface area contributed by atoms with Crippen LogP contribution in [0.2, 0.25) is 0 Å². The van der Waals surface area contributed by atoms with Crippen molar-refractivity contribution in [3.8, 4) is 0 Å². The SMILES string of the molecule is CCCCNC(=O)[C@@H](Cc1ccccc1)N(Cc1ccccc1C)C(=O)CCc1ccc(C(C)C)cc1. The standard InChI is InChI=1S/C33H42N2O2/c1-5-6-22-34-33(37)31(23-28-13-8-7-9-14-28)35(24-30-15-11-10-12-26(30)4)32(36)21-18-27-16-19-29(20-17-27)25(2)3/h7-17,19-20,25,31H,5-6,18,21-24H2,1-4H3,(H,34,37)/t31-/m1/s1. The normalized spacial score (nSPS) is 11.8. The van der Waals surface area contributed by atoms with E-state index in [1.165, 1.54) is 5.56 Å². The topological polar surface area (TPSA) is 49.4 Å². The largest absolute Gasteiger partial charge is 0.354 e. The van der Waals surface area contributed by atoms with Crippen molar-refractivity contribution in [2.45, 2.75) is 78.3 Å². The van der Waals surface area contributed by atoms with Crippen LogP contribution in [0.3, 0.4) is 0 Å². The third kappa shape index (κ3) is 8.59. The van der Waals surface area contributed by atoms with Crippen LogP contribution in [0.1, 0.15) is 73.8 Å². The molecule has 0 saturated carbocycles. The molecule has 0 unspecified atom stereocenters. The number of nitrogens with zero attached hydrogens (tertiary/aromatic N) is 1. The summed E-state index contributed by atoms with van der Waals surface area (Å²) < 4.78 is 0. The zero-order valence-electron chi connectivity index (χ0n) is 22.9. The van der Waals surface area contributed by atoms with E-state index in [0.29, 0.717) is 38.3 Å². The van der Waals surface area contributed by atoms with E-state index in [-0.39, 0.29) is 11.8 Å². The van der Waals surface area contributed by atoms with Crippen LogP contribution in [0.4, 0.5) is 0 Å². The van der Waals surface area contributed by atoms with Crippen LogP contribution in [0, 0.1) is 6.92 Å².